The van der Waals surface area contributed by atoms with Gasteiger partial charge in [0.05, 0.1) is 0 Å². The van der Waals surface area contributed by atoms with Crippen molar-refractivity contribution >= 4 is 17.5 Å². The second-order valence-corrected chi connectivity index (χ2v) is 7.58. The molecule has 0 aliphatic carbocycles. The summed E-state index contributed by atoms with van der Waals surface area (Å²) < 4.78 is 0. The molecule has 0 radical (unpaired) electrons. The summed E-state index contributed by atoms with van der Waals surface area (Å²) >= 11 is 6.25. The Hall–Kier alpha value is -1.06. The van der Waals surface area contributed by atoms with Crippen LogP contribution in [0.2, 0.25) is 5.02 Å². The van der Waals surface area contributed by atoms with E-state index in [2.05, 4.69) is 22.8 Å². The minimum absolute atomic E-state index is 0.225. The Morgan fingerprint density at radius 1 is 1.17 bits per heavy atom. The topological polar surface area (TPSA) is 23.6 Å². The Balaban J connectivity index is 1.50. The van der Waals surface area contributed by atoms with Crippen molar-refractivity contribution in [2.45, 2.75) is 39.2 Å². The maximum atomic E-state index is 12.7. The van der Waals surface area contributed by atoms with E-state index in [9.17, 15) is 4.79 Å². The summed E-state index contributed by atoms with van der Waals surface area (Å²) in [6.07, 6.45) is 4.39. The number of benzene rings is 1. The molecule has 1 aromatic rings. The number of halogens is 1. The minimum Gasteiger partial charge on any atom is -0.342 e. The summed E-state index contributed by atoms with van der Waals surface area (Å²) in [7, 11) is 0. The largest absolute Gasteiger partial charge is 0.342 e. The lowest BCUT2D eigenvalue weighted by molar-refractivity contribution is -0.138. The number of carbonyl (C=O) groups excluding carboxylic acids is 1. The quantitative estimate of drug-likeness (QED) is 0.839. The second-order valence-electron chi connectivity index (χ2n) is 7.17. The molecule has 3 rings (SSSR count). The van der Waals surface area contributed by atoms with Gasteiger partial charge in [0, 0.05) is 30.6 Å². The Kier molecular flexibility index (Phi) is 5.60. The summed E-state index contributed by atoms with van der Waals surface area (Å²) in [5.74, 6) is 1.28. The van der Waals surface area contributed by atoms with Crippen molar-refractivity contribution in [3.05, 3.63) is 34.9 Å². The molecule has 2 aliphatic heterocycles. The lowest BCUT2D eigenvalue weighted by Crippen LogP contribution is -2.45. The van der Waals surface area contributed by atoms with Gasteiger partial charge in [0.2, 0.25) is 5.91 Å². The van der Waals surface area contributed by atoms with Crippen molar-refractivity contribution in [1.29, 1.82) is 0 Å². The van der Waals surface area contributed by atoms with E-state index in [4.69, 9.17) is 11.6 Å². The first-order valence-corrected chi connectivity index (χ1v) is 9.26. The number of likely N-dealkylation sites (tertiary alicyclic amines) is 2. The van der Waals surface area contributed by atoms with Gasteiger partial charge in [-0.1, -0.05) is 36.7 Å². The Morgan fingerprint density at radius 2 is 1.91 bits per heavy atom. The zero-order valence-corrected chi connectivity index (χ0v) is 14.8. The molecule has 23 heavy (non-hydrogen) atoms. The molecule has 1 aromatic carbocycles. The lowest BCUT2D eigenvalue weighted by Gasteiger charge is -2.37. The fraction of sp³-hybridized carbons (Fsp3) is 0.632. The molecular formula is C19H27ClN2O. The second kappa shape index (κ2) is 7.67. The monoisotopic (exact) mass is 334 g/mol. The molecule has 3 nitrogen and oxygen atoms in total. The first-order chi connectivity index (χ1) is 11.1. The van der Waals surface area contributed by atoms with E-state index < -0.39 is 0 Å². The van der Waals surface area contributed by atoms with Gasteiger partial charge in [-0.2, -0.15) is 0 Å². The molecule has 1 atom stereocenters. The molecule has 0 spiro atoms. The van der Waals surface area contributed by atoms with Gasteiger partial charge < -0.3 is 4.90 Å². The van der Waals surface area contributed by atoms with Crippen LogP contribution in [0.1, 0.15) is 38.2 Å². The number of hydrogen-bond donors (Lipinski definition) is 0. The highest BCUT2D eigenvalue weighted by molar-refractivity contribution is 6.31. The minimum atomic E-state index is 0.225. The zero-order chi connectivity index (χ0) is 16.2. The Labute approximate surface area is 144 Å². The summed E-state index contributed by atoms with van der Waals surface area (Å²) in [5, 5.41) is 0.841. The van der Waals surface area contributed by atoms with Gasteiger partial charge in [-0.25, -0.2) is 0 Å². The summed E-state index contributed by atoms with van der Waals surface area (Å²) in [6.45, 7) is 7.05. The first kappa shape index (κ1) is 16.8. The zero-order valence-electron chi connectivity index (χ0n) is 14.0. The molecule has 2 saturated heterocycles. The van der Waals surface area contributed by atoms with Crippen LogP contribution in [0.15, 0.2) is 24.3 Å². The Morgan fingerprint density at radius 3 is 2.61 bits per heavy atom. The smallest absolute Gasteiger partial charge is 0.225 e. The molecule has 4 heteroatoms. The summed E-state index contributed by atoms with van der Waals surface area (Å²) in [6, 6.07) is 8.05. The van der Waals surface area contributed by atoms with Crippen LogP contribution in [0.4, 0.5) is 0 Å². The highest BCUT2D eigenvalue weighted by Crippen LogP contribution is 2.25. The van der Waals surface area contributed by atoms with E-state index in [1.807, 2.05) is 18.2 Å². The standard InChI is InChI=1S/C19H27ClN2O/c1-15-5-4-10-22(13-15)19(23)16-8-11-21(12-9-16)14-17-6-2-3-7-18(17)20/h2-3,6-7,15-16H,4-5,8-14H2,1H3/t15-/m0/s1. The predicted octanol–water partition coefficient (Wildman–Crippen LogP) is 3.81. The number of piperidine rings is 2. The van der Waals surface area contributed by atoms with Crippen LogP contribution in [0.3, 0.4) is 0 Å². The first-order valence-electron chi connectivity index (χ1n) is 8.88. The van der Waals surface area contributed by atoms with E-state index >= 15 is 0 Å². The number of amides is 1. The molecule has 0 saturated carbocycles. The molecular weight excluding hydrogens is 308 g/mol. The third-order valence-corrected chi connectivity index (χ3v) is 5.63. The molecule has 126 valence electrons. The van der Waals surface area contributed by atoms with Crippen molar-refractivity contribution in [2.75, 3.05) is 26.2 Å². The molecule has 2 fully saturated rings. The van der Waals surface area contributed by atoms with Crippen LogP contribution >= 0.6 is 11.6 Å². The normalized spacial score (nSPS) is 23.9. The van der Waals surface area contributed by atoms with E-state index in [1.54, 1.807) is 0 Å². The third-order valence-electron chi connectivity index (χ3n) is 5.26. The molecule has 2 heterocycles. The molecule has 2 aliphatic rings. The summed E-state index contributed by atoms with van der Waals surface area (Å²) in [4.78, 5) is 17.2. The van der Waals surface area contributed by atoms with Crippen molar-refractivity contribution in [2.24, 2.45) is 11.8 Å². The van der Waals surface area contributed by atoms with E-state index in [1.165, 1.54) is 12.0 Å². The molecule has 1 amide bonds. The van der Waals surface area contributed by atoms with Gasteiger partial charge >= 0.3 is 0 Å². The fourth-order valence-corrected chi connectivity index (χ4v) is 4.05. The number of nitrogens with zero attached hydrogens (tertiary/aromatic N) is 2. The van der Waals surface area contributed by atoms with E-state index in [0.717, 1.165) is 57.0 Å². The highest BCUT2D eigenvalue weighted by atomic mass is 35.5. The molecule has 0 unspecified atom stereocenters. The van der Waals surface area contributed by atoms with Crippen molar-refractivity contribution in [3.63, 3.8) is 0 Å². The van der Waals surface area contributed by atoms with E-state index in [-0.39, 0.29) is 5.92 Å². The lowest BCUT2D eigenvalue weighted by atomic mass is 9.92. The van der Waals surface area contributed by atoms with Crippen LogP contribution in [-0.2, 0) is 11.3 Å². The van der Waals surface area contributed by atoms with Crippen molar-refractivity contribution in [1.82, 2.24) is 9.80 Å². The van der Waals surface area contributed by atoms with Crippen molar-refractivity contribution < 1.29 is 4.79 Å². The van der Waals surface area contributed by atoms with Crippen molar-refractivity contribution in [3.8, 4) is 0 Å². The maximum Gasteiger partial charge on any atom is 0.225 e. The SMILES string of the molecule is C[C@H]1CCCN(C(=O)C2CCN(Cc3ccccc3Cl)CC2)C1. The van der Waals surface area contributed by atoms with Crippen LogP contribution in [0.25, 0.3) is 0 Å². The van der Waals surface area contributed by atoms with E-state index in [0.29, 0.717) is 11.8 Å². The summed E-state index contributed by atoms with van der Waals surface area (Å²) in [5.41, 5.74) is 1.18. The molecule has 0 aromatic heterocycles. The highest BCUT2D eigenvalue weighted by Gasteiger charge is 2.30. The van der Waals surface area contributed by atoms with Gasteiger partial charge in [-0.15, -0.1) is 0 Å². The molecule has 0 N–H and O–H groups in total. The maximum absolute atomic E-state index is 12.7. The van der Waals surface area contributed by atoms with Crippen LogP contribution < -0.4 is 0 Å². The van der Waals surface area contributed by atoms with Crippen LogP contribution in [0, 0.1) is 11.8 Å². The van der Waals surface area contributed by atoms with Crippen LogP contribution in [0.5, 0.6) is 0 Å². The third kappa shape index (κ3) is 4.27. The van der Waals surface area contributed by atoms with Gasteiger partial charge in [0.15, 0.2) is 0 Å². The van der Waals surface area contributed by atoms with Gasteiger partial charge in [-0.3, -0.25) is 9.69 Å². The van der Waals surface area contributed by atoms with Crippen LogP contribution in [-0.4, -0.2) is 41.9 Å². The van der Waals surface area contributed by atoms with Gasteiger partial charge in [0.1, 0.15) is 0 Å². The average molecular weight is 335 g/mol. The Bertz CT molecular complexity index is 540. The average Bonchev–Trinajstić information content (AvgIpc) is 2.57. The van der Waals surface area contributed by atoms with Gasteiger partial charge in [0.25, 0.3) is 0 Å². The number of carbonyl (C=O) groups is 1. The fourth-order valence-electron chi connectivity index (χ4n) is 3.85. The molecule has 0 bridgehead atoms. The van der Waals surface area contributed by atoms with Gasteiger partial charge in [-0.05, 0) is 56.3 Å². The predicted molar refractivity (Wildman–Crippen MR) is 94.4 cm³/mol. The number of hydrogen-bond acceptors (Lipinski definition) is 2. The number of rotatable bonds is 3.